The molecule has 0 aliphatic carbocycles. The SMILES string of the molecule is COC(=O)c1cnc(Nc2cc(N)c(OCCN(C)C)cc2C)nc1-c1cn(C)c2ccccc12.[3H][3H].[3H][3H].[3H][3H].[3H][3H].[3H][3H]. The summed E-state index contributed by atoms with van der Waals surface area (Å²) in [4.78, 5) is 23.7. The minimum absolute atomic E-state index is 0.287. The summed E-state index contributed by atoms with van der Waals surface area (Å²) in [7, 11) is 7.28. The first kappa shape index (κ1) is 18.2. The van der Waals surface area contributed by atoms with Crippen LogP contribution in [0, 0.1) is 6.92 Å². The molecular weight excluding hydrogens is 444 g/mol. The molecule has 0 amide bonds. The summed E-state index contributed by atoms with van der Waals surface area (Å²) in [5.41, 5.74) is 11.0. The number of esters is 1. The molecule has 4 aromatic rings. The number of methoxy groups -OCH3 is 1. The molecule has 0 bridgehead atoms. The number of ether oxygens (including phenoxy) is 2. The van der Waals surface area contributed by atoms with Crippen molar-refractivity contribution in [3.05, 3.63) is 59.9 Å². The van der Waals surface area contributed by atoms with Gasteiger partial charge < -0.3 is 30.0 Å². The van der Waals surface area contributed by atoms with Crippen molar-refractivity contribution < 1.29 is 29.1 Å². The number of carbonyl (C=O) groups excluding carboxylic acids is 1. The molecule has 0 spiro atoms. The number of nitrogens with one attached hydrogen (secondary N) is 1. The van der Waals surface area contributed by atoms with Crippen molar-refractivity contribution in [2.75, 3.05) is 45.4 Å². The lowest BCUT2D eigenvalue weighted by Gasteiger charge is -2.16. The minimum atomic E-state index is -0.501. The van der Waals surface area contributed by atoms with Crippen LogP contribution in [0.5, 0.6) is 5.75 Å². The summed E-state index contributed by atoms with van der Waals surface area (Å²) >= 11 is 0. The summed E-state index contributed by atoms with van der Waals surface area (Å²) in [6.45, 7) is 3.28. The normalized spacial score (nSPS) is 12.3. The molecule has 192 valence electrons. The molecule has 0 aliphatic heterocycles. The maximum absolute atomic E-state index is 12.5. The fourth-order valence-corrected chi connectivity index (χ4v) is 3.85. The summed E-state index contributed by atoms with van der Waals surface area (Å²) in [6, 6.07) is 11.6. The zero-order valence-electron chi connectivity index (χ0n) is 30.6. The van der Waals surface area contributed by atoms with Crippen LogP contribution in [0.25, 0.3) is 22.2 Å². The predicted molar refractivity (Wildman–Crippen MR) is 149 cm³/mol. The molecule has 0 aliphatic rings. The quantitative estimate of drug-likeness (QED) is 0.248. The maximum atomic E-state index is 12.5. The number of fused-ring (bicyclic) bond motifs is 1. The Morgan fingerprint density at radius 2 is 2.06 bits per heavy atom. The fraction of sp³-hybridized carbons (Fsp3) is 0.269. The van der Waals surface area contributed by atoms with Gasteiger partial charge in [0.25, 0.3) is 0 Å². The number of aryl methyl sites for hydroxylation is 2. The molecule has 2 aromatic carbocycles. The van der Waals surface area contributed by atoms with Crippen molar-refractivity contribution in [3.8, 4) is 17.0 Å². The first-order valence-electron chi connectivity index (χ1n) is 16.2. The Morgan fingerprint density at radius 3 is 2.80 bits per heavy atom. The lowest BCUT2D eigenvalue weighted by atomic mass is 10.1. The standard InChI is InChI=1S/C26H30N6O3.5H2/c1-16-12-23(35-11-10-31(2)3)20(27)13-21(16)29-26-28-14-18(25(33)34-5)24(30-26)19-15-32(4)22-9-7-6-8-17(19)22;;;;;/h6-9,12-15H,10-11,27H2,1-5H3,(H,28,29,30);5*1H/i;5*1+2T. The van der Waals surface area contributed by atoms with Crippen molar-refractivity contribution in [1.82, 2.24) is 19.4 Å². The highest BCUT2D eigenvalue weighted by atomic mass is 16.5. The molecule has 4 rings (SSSR count). The number of nitrogens with zero attached hydrogens (tertiary/aromatic N) is 4. The molecule has 3 N–H and O–H groups in total. The van der Waals surface area contributed by atoms with Gasteiger partial charge in [-0.15, -0.1) is 0 Å². The number of hydrogen-bond donors (Lipinski definition) is 2. The van der Waals surface area contributed by atoms with Gasteiger partial charge in [-0.3, -0.25) is 0 Å². The molecule has 9 nitrogen and oxygen atoms in total. The number of anilines is 3. The predicted octanol–water partition coefficient (Wildman–Crippen LogP) is 5.23. The van der Waals surface area contributed by atoms with Crippen LogP contribution in [0.2, 0.25) is 0 Å². The molecule has 0 fully saturated rings. The van der Waals surface area contributed by atoms with Gasteiger partial charge in [-0.25, -0.2) is 14.8 Å². The molecule has 35 heavy (non-hydrogen) atoms. The van der Waals surface area contributed by atoms with E-state index in [0.717, 1.165) is 34.3 Å². The van der Waals surface area contributed by atoms with Gasteiger partial charge in [-0.1, -0.05) is 18.2 Å². The second-order valence-corrected chi connectivity index (χ2v) is 8.60. The first-order chi connectivity index (χ1) is 21.8. The van der Waals surface area contributed by atoms with Crippen molar-refractivity contribution in [3.63, 3.8) is 0 Å². The summed E-state index contributed by atoms with van der Waals surface area (Å²) in [6.07, 6.45) is 3.43. The third-order valence-electron chi connectivity index (χ3n) is 5.75. The number of nitrogen functional groups attached to an aromatic ring is 1. The van der Waals surface area contributed by atoms with E-state index in [1.54, 1.807) is 6.07 Å². The van der Waals surface area contributed by atoms with Crippen LogP contribution in [-0.2, 0) is 11.8 Å². The number of carbonyl (C=O) groups is 1. The van der Waals surface area contributed by atoms with Crippen LogP contribution in [-0.4, -0.2) is 59.8 Å². The van der Waals surface area contributed by atoms with Crippen LogP contribution < -0.4 is 15.8 Å². The number of para-hydroxylation sites is 1. The van der Waals surface area contributed by atoms with E-state index in [4.69, 9.17) is 35.0 Å². The number of rotatable bonds is 8. The molecule has 2 aromatic heterocycles. The van der Waals surface area contributed by atoms with Crippen molar-refractivity contribution in [2.45, 2.75) is 6.92 Å². The maximum Gasteiger partial charge on any atom is 0.341 e. The van der Waals surface area contributed by atoms with Gasteiger partial charge in [0.2, 0.25) is 5.95 Å². The molecule has 0 saturated carbocycles. The highest BCUT2D eigenvalue weighted by Crippen LogP contribution is 2.34. The summed E-state index contributed by atoms with van der Waals surface area (Å²) < 4.78 is 62.8. The van der Waals surface area contributed by atoms with Crippen LogP contribution in [0.1, 0.15) is 30.8 Å². The Balaban J connectivity index is 0. The van der Waals surface area contributed by atoms with Crippen molar-refractivity contribution in [2.24, 2.45) is 7.05 Å². The lowest BCUT2D eigenvalue weighted by molar-refractivity contribution is 0.0601. The second kappa shape index (κ2) is 10.0. The van der Waals surface area contributed by atoms with Gasteiger partial charge in [0.15, 0.2) is 0 Å². The lowest BCUT2D eigenvalue weighted by Crippen LogP contribution is -2.19. The van der Waals surface area contributed by atoms with E-state index in [0.29, 0.717) is 29.7 Å². The van der Waals surface area contributed by atoms with Crippen molar-refractivity contribution in [1.29, 1.82) is 0 Å². The van der Waals surface area contributed by atoms with E-state index < -0.39 is 5.97 Å². The monoisotopic (exact) mass is 504 g/mol. The Hall–Kier alpha value is -4.11. The summed E-state index contributed by atoms with van der Waals surface area (Å²) in [5.74, 6) is 0.469. The van der Waals surface area contributed by atoms with Gasteiger partial charge >= 0.3 is 5.97 Å². The Labute approximate surface area is 219 Å². The molecule has 0 unspecified atom stereocenters. The van der Waals surface area contributed by atoms with Gasteiger partial charge in [-0.05, 0) is 44.8 Å². The number of aromatic nitrogens is 3. The van der Waals surface area contributed by atoms with Gasteiger partial charge in [0, 0.05) is 63.0 Å². The van der Waals surface area contributed by atoms with Gasteiger partial charge in [-0.2, -0.15) is 0 Å². The fourth-order valence-electron chi connectivity index (χ4n) is 3.85. The topological polar surface area (TPSA) is 108 Å². The smallest absolute Gasteiger partial charge is 0.341 e. The number of benzene rings is 2. The minimum Gasteiger partial charge on any atom is -0.490 e. The zero-order valence-corrected chi connectivity index (χ0v) is 20.6. The third-order valence-corrected chi connectivity index (χ3v) is 5.75. The molecule has 2 heterocycles. The van der Waals surface area contributed by atoms with E-state index >= 15 is 0 Å². The van der Waals surface area contributed by atoms with E-state index in [2.05, 4.69) is 10.3 Å². The molecule has 0 saturated heterocycles. The highest BCUT2D eigenvalue weighted by Gasteiger charge is 2.20. The van der Waals surface area contributed by atoms with E-state index in [1.807, 2.05) is 74.1 Å². The second-order valence-electron chi connectivity index (χ2n) is 8.60. The third kappa shape index (κ3) is 5.04. The van der Waals surface area contributed by atoms with Crippen LogP contribution in [0.3, 0.4) is 0 Å². The number of likely N-dealkylation sites (N-methyl/N-ethyl adjacent to an activating group) is 1. The number of hydrogen-bond acceptors (Lipinski definition) is 8. The number of nitrogens with two attached hydrogens (primary N) is 1. The molecule has 0 atom stereocenters. The van der Waals surface area contributed by atoms with Crippen LogP contribution >= 0.6 is 0 Å². The summed E-state index contributed by atoms with van der Waals surface area (Å²) in [5, 5.41) is 4.22. The van der Waals surface area contributed by atoms with Crippen LogP contribution in [0.15, 0.2) is 48.8 Å². The Morgan fingerprint density at radius 1 is 1.29 bits per heavy atom. The molecule has 0 radical (unpaired) electrons. The van der Waals surface area contributed by atoms with Gasteiger partial charge in [0.1, 0.15) is 17.9 Å². The van der Waals surface area contributed by atoms with E-state index in [1.165, 1.54) is 13.3 Å². The average molecular weight is 505 g/mol. The molecule has 9 heteroatoms. The van der Waals surface area contributed by atoms with Crippen molar-refractivity contribution >= 4 is 34.2 Å². The average Bonchev–Trinajstić information content (AvgIpc) is 3.43. The largest absolute Gasteiger partial charge is 0.490 e. The Bertz CT molecular complexity index is 1410. The zero-order chi connectivity index (χ0) is 35.1. The first-order valence-corrected chi connectivity index (χ1v) is 11.2. The van der Waals surface area contributed by atoms with E-state index in [-0.39, 0.29) is 5.56 Å². The molecular formula is C26H40N6O3. The highest BCUT2D eigenvalue weighted by molar-refractivity contribution is 6.02. The van der Waals surface area contributed by atoms with Crippen LogP contribution in [0.4, 0.5) is 17.3 Å². The van der Waals surface area contributed by atoms with Gasteiger partial charge in [0.05, 0.1) is 18.5 Å². The Kier molecular flexibility index (Phi) is 5.23. The van der Waals surface area contributed by atoms with E-state index in [9.17, 15) is 4.79 Å².